The van der Waals surface area contributed by atoms with Gasteiger partial charge in [-0.05, 0) is 31.6 Å². The molecular weight excluding hydrogens is 138 g/mol. The Hall–Kier alpha value is -0.0800. The Bertz CT molecular complexity index is 128. The van der Waals surface area contributed by atoms with Gasteiger partial charge in [0, 0.05) is 12.6 Å². The van der Waals surface area contributed by atoms with Gasteiger partial charge in [-0.25, -0.2) is 0 Å². The molecule has 0 unspecified atom stereocenters. The van der Waals surface area contributed by atoms with E-state index in [0.717, 1.165) is 12.5 Å². The number of hydrogen-bond acceptors (Lipinski definition) is 2. The highest BCUT2D eigenvalue weighted by Crippen LogP contribution is 2.32. The molecule has 0 aromatic carbocycles. The summed E-state index contributed by atoms with van der Waals surface area (Å²) in [4.78, 5) is 0. The minimum absolute atomic E-state index is 0.339. The minimum Gasteiger partial charge on any atom is -0.377 e. The summed E-state index contributed by atoms with van der Waals surface area (Å²) in [6, 6.07) is 0.339. The van der Waals surface area contributed by atoms with Gasteiger partial charge < -0.3 is 10.5 Å². The predicted molar refractivity (Wildman–Crippen MR) is 44.3 cm³/mol. The molecule has 0 spiro atoms. The lowest BCUT2D eigenvalue weighted by molar-refractivity contribution is 0.0553. The lowest BCUT2D eigenvalue weighted by Crippen LogP contribution is -2.43. The van der Waals surface area contributed by atoms with E-state index < -0.39 is 0 Å². The van der Waals surface area contributed by atoms with E-state index in [1.54, 1.807) is 0 Å². The molecule has 1 aliphatic heterocycles. The molecule has 2 aliphatic rings. The number of ether oxygens (including phenoxy) is 1. The van der Waals surface area contributed by atoms with E-state index in [4.69, 9.17) is 10.5 Å². The van der Waals surface area contributed by atoms with Crippen LogP contribution in [0.15, 0.2) is 0 Å². The van der Waals surface area contributed by atoms with Crippen LogP contribution in [0.1, 0.15) is 32.1 Å². The first-order valence-corrected chi connectivity index (χ1v) is 4.75. The first-order chi connectivity index (χ1) is 5.38. The van der Waals surface area contributed by atoms with Gasteiger partial charge in [0.2, 0.25) is 0 Å². The number of rotatable bonds is 2. The van der Waals surface area contributed by atoms with Crippen LogP contribution in [-0.2, 0) is 4.74 Å². The molecule has 0 aromatic heterocycles. The van der Waals surface area contributed by atoms with Crippen molar-refractivity contribution < 1.29 is 4.74 Å². The summed E-state index contributed by atoms with van der Waals surface area (Å²) in [5.41, 5.74) is 6.06. The molecule has 0 aromatic rings. The SMILES string of the molecule is N[C@H](C1CCC1)[C@H]1CCCO1. The maximum Gasteiger partial charge on any atom is 0.0729 e. The minimum atomic E-state index is 0.339. The van der Waals surface area contributed by atoms with Crippen LogP contribution in [0.25, 0.3) is 0 Å². The Morgan fingerprint density at radius 3 is 2.45 bits per heavy atom. The van der Waals surface area contributed by atoms with E-state index in [-0.39, 0.29) is 0 Å². The number of hydrogen-bond donors (Lipinski definition) is 1. The fourth-order valence-corrected chi connectivity index (χ4v) is 2.03. The van der Waals surface area contributed by atoms with Gasteiger partial charge in [0.05, 0.1) is 6.10 Å². The average molecular weight is 155 g/mol. The van der Waals surface area contributed by atoms with Crippen LogP contribution in [0.4, 0.5) is 0 Å². The summed E-state index contributed by atoms with van der Waals surface area (Å²) >= 11 is 0. The van der Waals surface area contributed by atoms with Crippen LogP contribution in [-0.4, -0.2) is 18.8 Å². The zero-order valence-electron chi connectivity index (χ0n) is 6.96. The molecule has 0 bridgehead atoms. The lowest BCUT2D eigenvalue weighted by Gasteiger charge is -2.34. The Labute approximate surface area is 68.1 Å². The molecule has 64 valence electrons. The van der Waals surface area contributed by atoms with Gasteiger partial charge in [-0.15, -0.1) is 0 Å². The zero-order valence-corrected chi connectivity index (χ0v) is 6.96. The van der Waals surface area contributed by atoms with Gasteiger partial charge in [-0.2, -0.15) is 0 Å². The van der Waals surface area contributed by atoms with Crippen LogP contribution in [0.5, 0.6) is 0 Å². The van der Waals surface area contributed by atoms with E-state index in [2.05, 4.69) is 0 Å². The molecule has 11 heavy (non-hydrogen) atoms. The van der Waals surface area contributed by atoms with Gasteiger partial charge in [0.25, 0.3) is 0 Å². The van der Waals surface area contributed by atoms with Gasteiger partial charge in [0.15, 0.2) is 0 Å². The summed E-state index contributed by atoms with van der Waals surface area (Å²) < 4.78 is 5.55. The fourth-order valence-electron chi connectivity index (χ4n) is 2.03. The maximum atomic E-state index is 6.06. The summed E-state index contributed by atoms with van der Waals surface area (Å²) in [7, 11) is 0. The van der Waals surface area contributed by atoms with Crippen molar-refractivity contribution in [1.82, 2.24) is 0 Å². The van der Waals surface area contributed by atoms with Crippen LogP contribution in [0.2, 0.25) is 0 Å². The van der Waals surface area contributed by atoms with Crippen LogP contribution < -0.4 is 5.73 Å². The third kappa shape index (κ3) is 1.42. The topological polar surface area (TPSA) is 35.2 Å². The van der Waals surface area contributed by atoms with Gasteiger partial charge in [0.1, 0.15) is 0 Å². The highest BCUT2D eigenvalue weighted by atomic mass is 16.5. The number of nitrogens with two attached hydrogens (primary N) is 1. The van der Waals surface area contributed by atoms with E-state index in [9.17, 15) is 0 Å². The molecule has 1 saturated carbocycles. The normalized spacial score (nSPS) is 35.2. The smallest absolute Gasteiger partial charge is 0.0729 e. The predicted octanol–water partition coefficient (Wildman–Crippen LogP) is 1.29. The van der Waals surface area contributed by atoms with E-state index in [1.807, 2.05) is 0 Å². The second-order valence-electron chi connectivity index (χ2n) is 3.82. The third-order valence-electron chi connectivity index (χ3n) is 3.09. The Balaban J connectivity index is 1.82. The highest BCUT2D eigenvalue weighted by molar-refractivity contribution is 4.87. The first-order valence-electron chi connectivity index (χ1n) is 4.75. The Morgan fingerprint density at radius 2 is 2.00 bits per heavy atom. The fraction of sp³-hybridized carbons (Fsp3) is 1.00. The highest BCUT2D eigenvalue weighted by Gasteiger charge is 2.32. The van der Waals surface area contributed by atoms with Crippen molar-refractivity contribution in [2.75, 3.05) is 6.61 Å². The van der Waals surface area contributed by atoms with E-state index >= 15 is 0 Å². The summed E-state index contributed by atoms with van der Waals surface area (Å²) in [6.45, 7) is 0.936. The molecule has 1 heterocycles. The van der Waals surface area contributed by atoms with E-state index in [0.29, 0.717) is 12.1 Å². The molecule has 2 atom stereocenters. The average Bonchev–Trinajstić information content (AvgIpc) is 2.32. The second kappa shape index (κ2) is 3.11. The monoisotopic (exact) mass is 155 g/mol. The summed E-state index contributed by atoms with van der Waals surface area (Å²) in [6.07, 6.45) is 6.84. The molecule has 2 N–H and O–H groups in total. The molecule has 2 heteroatoms. The first kappa shape index (κ1) is 7.56. The van der Waals surface area contributed by atoms with Crippen molar-refractivity contribution >= 4 is 0 Å². The van der Waals surface area contributed by atoms with Crippen molar-refractivity contribution in [3.05, 3.63) is 0 Å². The van der Waals surface area contributed by atoms with E-state index in [1.165, 1.54) is 32.1 Å². The maximum absolute atomic E-state index is 6.06. The van der Waals surface area contributed by atoms with Crippen LogP contribution >= 0.6 is 0 Å². The summed E-state index contributed by atoms with van der Waals surface area (Å²) in [5, 5.41) is 0. The molecule has 0 amide bonds. The molecular formula is C9H17NO. The molecule has 2 rings (SSSR count). The van der Waals surface area contributed by atoms with Gasteiger partial charge in [-0.1, -0.05) is 6.42 Å². The standard InChI is InChI=1S/C9H17NO/c10-9(7-3-1-4-7)8-5-2-6-11-8/h7-9H,1-6,10H2/t8-,9-/m1/s1. The van der Waals surface area contributed by atoms with Gasteiger partial charge >= 0.3 is 0 Å². The quantitative estimate of drug-likeness (QED) is 0.652. The lowest BCUT2D eigenvalue weighted by atomic mass is 9.78. The molecule has 2 nitrogen and oxygen atoms in total. The van der Waals surface area contributed by atoms with Crippen LogP contribution in [0.3, 0.4) is 0 Å². The van der Waals surface area contributed by atoms with Crippen molar-refractivity contribution in [1.29, 1.82) is 0 Å². The van der Waals surface area contributed by atoms with Crippen molar-refractivity contribution in [2.45, 2.75) is 44.2 Å². The van der Waals surface area contributed by atoms with Crippen molar-refractivity contribution in [3.63, 3.8) is 0 Å². The molecule has 1 aliphatic carbocycles. The third-order valence-corrected chi connectivity index (χ3v) is 3.09. The second-order valence-corrected chi connectivity index (χ2v) is 3.82. The summed E-state index contributed by atoms with van der Waals surface area (Å²) in [5.74, 6) is 0.776. The van der Waals surface area contributed by atoms with Crippen molar-refractivity contribution in [3.8, 4) is 0 Å². The van der Waals surface area contributed by atoms with Crippen LogP contribution in [0, 0.1) is 5.92 Å². The molecule has 1 saturated heterocycles. The Kier molecular flexibility index (Phi) is 2.14. The molecule has 0 radical (unpaired) electrons. The van der Waals surface area contributed by atoms with Crippen molar-refractivity contribution in [2.24, 2.45) is 11.7 Å². The largest absolute Gasteiger partial charge is 0.377 e. The molecule has 2 fully saturated rings. The Morgan fingerprint density at radius 1 is 1.18 bits per heavy atom. The zero-order chi connectivity index (χ0) is 7.68. The van der Waals surface area contributed by atoms with Gasteiger partial charge in [-0.3, -0.25) is 0 Å².